The lowest BCUT2D eigenvalue weighted by molar-refractivity contribution is 0.0953. The van der Waals surface area contributed by atoms with Gasteiger partial charge in [0.05, 0.1) is 22.4 Å². The average molecular weight is 363 g/mol. The van der Waals surface area contributed by atoms with Crippen molar-refractivity contribution in [1.29, 1.82) is 0 Å². The zero-order valence-electron chi connectivity index (χ0n) is 14.4. The van der Waals surface area contributed by atoms with Crippen molar-refractivity contribution in [1.82, 2.24) is 10.1 Å². The molecule has 1 heterocycles. The smallest absolute Gasteiger partial charge is 0.274 e. The standard InChI is InChI=1S/C17H21N3O4S/c1-4-10-18-25(22,23)15-7-5-14(6-8-15)12(2)19-20-17(21)16-9-11-24-13(16)3/h5-9,11,18H,4,10H2,1-3H3,(H,20,21)/b19-12-. The van der Waals surface area contributed by atoms with E-state index < -0.39 is 10.0 Å². The predicted octanol–water partition coefficient (Wildman–Crippen LogP) is 2.43. The van der Waals surface area contributed by atoms with Gasteiger partial charge in [-0.15, -0.1) is 0 Å². The molecule has 25 heavy (non-hydrogen) atoms. The monoisotopic (exact) mass is 363 g/mol. The molecule has 134 valence electrons. The van der Waals surface area contributed by atoms with Crippen molar-refractivity contribution in [3.63, 3.8) is 0 Å². The molecule has 0 bridgehead atoms. The van der Waals surface area contributed by atoms with E-state index in [9.17, 15) is 13.2 Å². The zero-order chi connectivity index (χ0) is 18.4. The molecule has 0 fully saturated rings. The van der Waals surface area contributed by atoms with E-state index in [4.69, 9.17) is 4.42 Å². The van der Waals surface area contributed by atoms with Crippen LogP contribution in [-0.2, 0) is 10.0 Å². The maximum Gasteiger partial charge on any atom is 0.274 e. The summed E-state index contributed by atoms with van der Waals surface area (Å²) in [5, 5.41) is 4.04. The number of nitrogens with zero attached hydrogens (tertiary/aromatic N) is 1. The highest BCUT2D eigenvalue weighted by atomic mass is 32.2. The van der Waals surface area contributed by atoms with E-state index in [-0.39, 0.29) is 10.8 Å². The summed E-state index contributed by atoms with van der Waals surface area (Å²) in [7, 11) is -3.50. The first-order chi connectivity index (χ1) is 11.8. The Bertz CT molecular complexity index is 868. The largest absolute Gasteiger partial charge is 0.469 e. The van der Waals surface area contributed by atoms with Crippen molar-refractivity contribution in [3.8, 4) is 0 Å². The minimum Gasteiger partial charge on any atom is -0.469 e. The summed E-state index contributed by atoms with van der Waals surface area (Å²) in [5.74, 6) is 0.146. The minimum atomic E-state index is -3.50. The van der Waals surface area contributed by atoms with Crippen LogP contribution in [0.15, 0.2) is 51.0 Å². The number of carbonyl (C=O) groups excluding carboxylic acids is 1. The van der Waals surface area contributed by atoms with Gasteiger partial charge in [-0.2, -0.15) is 5.10 Å². The molecule has 0 aliphatic carbocycles. The predicted molar refractivity (Wildman–Crippen MR) is 95.0 cm³/mol. The Morgan fingerprint density at radius 1 is 1.20 bits per heavy atom. The van der Waals surface area contributed by atoms with E-state index in [1.165, 1.54) is 18.4 Å². The van der Waals surface area contributed by atoms with Crippen LogP contribution in [0.25, 0.3) is 0 Å². The van der Waals surface area contributed by atoms with E-state index in [2.05, 4.69) is 15.2 Å². The molecule has 0 saturated heterocycles. The quantitative estimate of drug-likeness (QED) is 0.583. The molecular formula is C17H21N3O4S. The molecule has 0 radical (unpaired) electrons. The molecule has 2 N–H and O–H groups in total. The lowest BCUT2D eigenvalue weighted by Crippen LogP contribution is -2.24. The first kappa shape index (κ1) is 18.9. The SMILES string of the molecule is CCCNS(=O)(=O)c1ccc(/C(C)=N\NC(=O)c2ccoc2C)cc1. The highest BCUT2D eigenvalue weighted by Gasteiger charge is 2.13. The van der Waals surface area contributed by atoms with Gasteiger partial charge in [-0.25, -0.2) is 18.6 Å². The normalized spacial score (nSPS) is 12.2. The van der Waals surface area contributed by atoms with Gasteiger partial charge in [0.25, 0.3) is 5.91 Å². The van der Waals surface area contributed by atoms with Gasteiger partial charge >= 0.3 is 0 Å². The first-order valence-electron chi connectivity index (χ1n) is 7.84. The molecular weight excluding hydrogens is 342 g/mol. The Balaban J connectivity index is 2.08. The molecule has 1 amide bonds. The summed E-state index contributed by atoms with van der Waals surface area (Å²) in [6.45, 7) is 5.70. The third kappa shape index (κ3) is 4.77. The lowest BCUT2D eigenvalue weighted by Gasteiger charge is -2.07. The van der Waals surface area contributed by atoms with Gasteiger partial charge in [-0.1, -0.05) is 19.1 Å². The molecule has 1 aromatic carbocycles. The van der Waals surface area contributed by atoms with Gasteiger partial charge in [0, 0.05) is 6.54 Å². The molecule has 7 nitrogen and oxygen atoms in total. The summed E-state index contributed by atoms with van der Waals surface area (Å²) >= 11 is 0. The van der Waals surface area contributed by atoms with Crippen molar-refractivity contribution >= 4 is 21.6 Å². The van der Waals surface area contributed by atoms with Crippen LogP contribution in [0.4, 0.5) is 0 Å². The number of furan rings is 1. The second kappa shape index (κ2) is 8.09. The minimum absolute atomic E-state index is 0.190. The topological polar surface area (TPSA) is 101 Å². The first-order valence-corrected chi connectivity index (χ1v) is 9.32. The Labute approximate surface area is 147 Å². The number of amides is 1. The molecule has 0 saturated carbocycles. The second-order valence-corrected chi connectivity index (χ2v) is 7.22. The lowest BCUT2D eigenvalue weighted by atomic mass is 10.1. The van der Waals surface area contributed by atoms with Gasteiger partial charge in [0.2, 0.25) is 10.0 Å². The maximum atomic E-state index is 12.0. The maximum absolute atomic E-state index is 12.0. The third-order valence-electron chi connectivity index (χ3n) is 3.55. The number of aryl methyl sites for hydroxylation is 1. The average Bonchev–Trinajstić information content (AvgIpc) is 3.04. The molecule has 8 heteroatoms. The van der Waals surface area contributed by atoms with E-state index >= 15 is 0 Å². The zero-order valence-corrected chi connectivity index (χ0v) is 15.2. The van der Waals surface area contributed by atoms with E-state index in [0.717, 1.165) is 6.42 Å². The summed E-state index contributed by atoms with van der Waals surface area (Å²) in [6, 6.07) is 7.88. The molecule has 0 spiro atoms. The van der Waals surface area contributed by atoms with Crippen LogP contribution >= 0.6 is 0 Å². The third-order valence-corrected chi connectivity index (χ3v) is 5.03. The Kier molecular flexibility index (Phi) is 6.11. The van der Waals surface area contributed by atoms with Gasteiger partial charge in [0.1, 0.15) is 5.76 Å². The van der Waals surface area contributed by atoms with Crippen LogP contribution in [0.1, 0.15) is 41.9 Å². The van der Waals surface area contributed by atoms with E-state index in [1.54, 1.807) is 32.0 Å². The van der Waals surface area contributed by atoms with Crippen LogP contribution in [-0.4, -0.2) is 26.6 Å². The molecule has 0 unspecified atom stereocenters. The number of hydrogen-bond donors (Lipinski definition) is 2. The van der Waals surface area contributed by atoms with Crippen LogP contribution in [0.2, 0.25) is 0 Å². The van der Waals surface area contributed by atoms with Crippen molar-refractivity contribution in [2.75, 3.05) is 6.54 Å². The van der Waals surface area contributed by atoms with Gasteiger partial charge in [0.15, 0.2) is 0 Å². The number of sulfonamides is 1. The van der Waals surface area contributed by atoms with E-state index in [1.807, 2.05) is 6.92 Å². The number of rotatable bonds is 7. The summed E-state index contributed by atoms with van der Waals surface area (Å²) in [5.41, 5.74) is 4.13. The molecule has 0 aliphatic heterocycles. The number of nitrogens with one attached hydrogen (secondary N) is 2. The summed E-state index contributed by atoms with van der Waals surface area (Å²) in [6.07, 6.45) is 2.16. The Morgan fingerprint density at radius 3 is 2.44 bits per heavy atom. The number of hydrazone groups is 1. The molecule has 2 aromatic rings. The van der Waals surface area contributed by atoms with Gasteiger partial charge in [-0.05, 0) is 44.0 Å². The van der Waals surface area contributed by atoms with Crippen molar-refractivity contribution in [2.24, 2.45) is 5.10 Å². The highest BCUT2D eigenvalue weighted by molar-refractivity contribution is 7.89. The van der Waals surface area contributed by atoms with Crippen LogP contribution in [0, 0.1) is 6.92 Å². The summed E-state index contributed by atoms with van der Waals surface area (Å²) in [4.78, 5) is 12.2. The van der Waals surface area contributed by atoms with E-state index in [0.29, 0.717) is 29.1 Å². The second-order valence-electron chi connectivity index (χ2n) is 5.45. The molecule has 0 atom stereocenters. The molecule has 0 aliphatic rings. The Hall–Kier alpha value is -2.45. The van der Waals surface area contributed by atoms with Gasteiger partial charge in [-0.3, -0.25) is 4.79 Å². The fraction of sp³-hybridized carbons (Fsp3) is 0.294. The number of hydrogen-bond acceptors (Lipinski definition) is 5. The van der Waals surface area contributed by atoms with Gasteiger partial charge < -0.3 is 4.42 Å². The van der Waals surface area contributed by atoms with Crippen LogP contribution in [0.5, 0.6) is 0 Å². The fourth-order valence-electron chi connectivity index (χ4n) is 2.07. The summed E-state index contributed by atoms with van der Waals surface area (Å²) < 4.78 is 31.7. The molecule has 2 rings (SSSR count). The highest BCUT2D eigenvalue weighted by Crippen LogP contribution is 2.12. The van der Waals surface area contributed by atoms with Crippen molar-refractivity contribution in [3.05, 3.63) is 53.5 Å². The van der Waals surface area contributed by atoms with Crippen molar-refractivity contribution in [2.45, 2.75) is 32.1 Å². The molecule has 1 aromatic heterocycles. The fourth-order valence-corrected chi connectivity index (χ4v) is 3.21. The Morgan fingerprint density at radius 2 is 1.88 bits per heavy atom. The van der Waals surface area contributed by atoms with Crippen LogP contribution < -0.4 is 10.1 Å². The van der Waals surface area contributed by atoms with Crippen LogP contribution in [0.3, 0.4) is 0 Å². The number of carbonyl (C=O) groups is 1. The number of benzene rings is 1. The van der Waals surface area contributed by atoms with Crippen molar-refractivity contribution < 1.29 is 17.6 Å².